The first-order valence-corrected chi connectivity index (χ1v) is 6.18. The summed E-state index contributed by atoms with van der Waals surface area (Å²) < 4.78 is 5.29. The summed E-state index contributed by atoms with van der Waals surface area (Å²) in [5.74, 6) is -0.907. The fraction of sp³-hybridized carbons (Fsp3) is 0.500. The highest BCUT2D eigenvalue weighted by Crippen LogP contribution is 2.25. The molecule has 1 aliphatic rings. The number of nitro groups is 1. The van der Waals surface area contributed by atoms with Gasteiger partial charge in [0.2, 0.25) is 0 Å². The lowest BCUT2D eigenvalue weighted by molar-refractivity contribution is -0.385. The first kappa shape index (κ1) is 14.2. The molecule has 1 aliphatic heterocycles. The van der Waals surface area contributed by atoms with E-state index in [1.807, 2.05) is 4.90 Å². The van der Waals surface area contributed by atoms with Crippen LogP contribution in [0.5, 0.6) is 0 Å². The topological polar surface area (TPSA) is 106 Å². The van der Waals surface area contributed by atoms with Gasteiger partial charge in [0.15, 0.2) is 0 Å². The van der Waals surface area contributed by atoms with Crippen LogP contribution in [0.15, 0.2) is 12.3 Å². The zero-order chi connectivity index (χ0) is 14.7. The molecule has 0 amide bonds. The van der Waals surface area contributed by atoms with Gasteiger partial charge in [-0.3, -0.25) is 10.1 Å². The van der Waals surface area contributed by atoms with Crippen molar-refractivity contribution in [1.82, 2.24) is 4.98 Å². The van der Waals surface area contributed by atoms with Crippen LogP contribution >= 0.6 is 0 Å². The van der Waals surface area contributed by atoms with Gasteiger partial charge in [-0.15, -0.1) is 0 Å². The van der Waals surface area contributed by atoms with Gasteiger partial charge in [0.05, 0.1) is 11.0 Å². The first-order chi connectivity index (χ1) is 9.52. The largest absolute Gasteiger partial charge is 0.477 e. The number of piperidine rings is 1. The minimum atomic E-state index is -1.33. The normalized spacial score (nSPS) is 18.9. The smallest absolute Gasteiger partial charge is 0.342 e. The second-order valence-electron chi connectivity index (χ2n) is 4.57. The van der Waals surface area contributed by atoms with Crippen molar-refractivity contribution in [3.8, 4) is 0 Å². The summed E-state index contributed by atoms with van der Waals surface area (Å²) in [4.78, 5) is 27.0. The van der Waals surface area contributed by atoms with Crippen molar-refractivity contribution in [1.29, 1.82) is 0 Å². The monoisotopic (exact) mass is 281 g/mol. The van der Waals surface area contributed by atoms with Gasteiger partial charge in [0.1, 0.15) is 17.6 Å². The van der Waals surface area contributed by atoms with E-state index in [0.29, 0.717) is 12.4 Å². The number of carbonyl (C=O) groups is 1. The zero-order valence-electron chi connectivity index (χ0n) is 11.0. The van der Waals surface area contributed by atoms with Crippen LogP contribution < -0.4 is 4.90 Å². The standard InChI is InChI=1S/C12H15N3O5/c1-20-8-3-2-4-14(7-8)11-5-9(12(16)17)10(6-13-11)15(18)19/h5-6,8H,2-4,7H2,1H3,(H,16,17). The summed E-state index contributed by atoms with van der Waals surface area (Å²) >= 11 is 0. The van der Waals surface area contributed by atoms with Gasteiger partial charge in [-0.1, -0.05) is 0 Å². The zero-order valence-corrected chi connectivity index (χ0v) is 11.0. The van der Waals surface area contributed by atoms with Gasteiger partial charge >= 0.3 is 11.7 Å². The predicted molar refractivity (Wildman–Crippen MR) is 70.1 cm³/mol. The number of carboxylic acids is 1. The van der Waals surface area contributed by atoms with Crippen molar-refractivity contribution >= 4 is 17.5 Å². The number of carboxylic acid groups (broad SMARTS) is 1. The Balaban J connectivity index is 2.31. The number of nitrogens with zero attached hydrogens (tertiary/aromatic N) is 3. The lowest BCUT2D eigenvalue weighted by Gasteiger charge is -2.32. The van der Waals surface area contributed by atoms with E-state index in [4.69, 9.17) is 9.84 Å². The van der Waals surface area contributed by atoms with Crippen LogP contribution in [0.3, 0.4) is 0 Å². The quantitative estimate of drug-likeness (QED) is 0.654. The molecular formula is C12H15N3O5. The van der Waals surface area contributed by atoms with Gasteiger partial charge in [0.25, 0.3) is 0 Å². The van der Waals surface area contributed by atoms with Crippen LogP contribution in [0, 0.1) is 10.1 Å². The molecule has 1 fully saturated rings. The summed E-state index contributed by atoms with van der Waals surface area (Å²) in [5, 5.41) is 19.8. The molecule has 0 radical (unpaired) electrons. The van der Waals surface area contributed by atoms with Crippen molar-refractivity contribution < 1.29 is 19.6 Å². The lowest BCUT2D eigenvalue weighted by atomic mass is 10.1. The maximum Gasteiger partial charge on any atom is 0.342 e. The van der Waals surface area contributed by atoms with E-state index in [-0.39, 0.29) is 11.7 Å². The highest BCUT2D eigenvalue weighted by Gasteiger charge is 2.25. The number of rotatable bonds is 4. The molecule has 1 unspecified atom stereocenters. The third kappa shape index (κ3) is 2.85. The predicted octanol–water partition coefficient (Wildman–Crippen LogP) is 1.30. The summed E-state index contributed by atoms with van der Waals surface area (Å²) in [6, 6.07) is 1.25. The summed E-state index contributed by atoms with van der Waals surface area (Å²) in [5.41, 5.74) is -0.846. The highest BCUT2D eigenvalue weighted by atomic mass is 16.6. The Bertz CT molecular complexity index is 534. The number of hydrogen-bond donors (Lipinski definition) is 1. The van der Waals surface area contributed by atoms with Crippen molar-refractivity contribution in [2.24, 2.45) is 0 Å². The molecule has 2 heterocycles. The Morgan fingerprint density at radius 1 is 1.65 bits per heavy atom. The van der Waals surface area contributed by atoms with E-state index >= 15 is 0 Å². The number of aromatic nitrogens is 1. The van der Waals surface area contributed by atoms with Gasteiger partial charge in [0, 0.05) is 26.3 Å². The molecule has 0 saturated carbocycles. The fourth-order valence-electron chi connectivity index (χ4n) is 2.27. The van der Waals surface area contributed by atoms with E-state index in [1.165, 1.54) is 6.07 Å². The summed E-state index contributed by atoms with van der Waals surface area (Å²) in [7, 11) is 1.63. The number of pyridine rings is 1. The minimum absolute atomic E-state index is 0.0639. The fourth-order valence-corrected chi connectivity index (χ4v) is 2.27. The molecule has 20 heavy (non-hydrogen) atoms. The lowest BCUT2D eigenvalue weighted by Crippen LogP contribution is -2.39. The molecule has 108 valence electrons. The molecule has 0 aliphatic carbocycles. The third-order valence-electron chi connectivity index (χ3n) is 3.33. The van der Waals surface area contributed by atoms with Crippen LogP contribution in [0.1, 0.15) is 23.2 Å². The van der Waals surface area contributed by atoms with Gasteiger partial charge in [-0.2, -0.15) is 0 Å². The molecule has 0 bridgehead atoms. The van der Waals surface area contributed by atoms with E-state index in [1.54, 1.807) is 7.11 Å². The average molecular weight is 281 g/mol. The molecule has 1 atom stereocenters. The summed E-state index contributed by atoms with van der Waals surface area (Å²) in [6.45, 7) is 1.32. The minimum Gasteiger partial charge on any atom is -0.477 e. The summed E-state index contributed by atoms with van der Waals surface area (Å²) in [6.07, 6.45) is 2.90. The van der Waals surface area contributed by atoms with Crippen LogP contribution in [-0.2, 0) is 4.74 Å². The molecule has 8 heteroatoms. The van der Waals surface area contributed by atoms with Crippen LogP contribution in [0.4, 0.5) is 11.5 Å². The second-order valence-corrected chi connectivity index (χ2v) is 4.57. The van der Waals surface area contributed by atoms with Crippen molar-refractivity contribution in [2.75, 3.05) is 25.1 Å². The van der Waals surface area contributed by atoms with E-state index in [2.05, 4.69) is 4.98 Å². The van der Waals surface area contributed by atoms with Crippen LogP contribution in [-0.4, -0.2) is 47.3 Å². The third-order valence-corrected chi connectivity index (χ3v) is 3.33. The van der Waals surface area contributed by atoms with Crippen molar-refractivity contribution in [3.05, 3.63) is 27.9 Å². The molecule has 2 rings (SSSR count). The molecule has 8 nitrogen and oxygen atoms in total. The average Bonchev–Trinajstić information content (AvgIpc) is 2.46. The number of hydrogen-bond acceptors (Lipinski definition) is 6. The van der Waals surface area contributed by atoms with Crippen molar-refractivity contribution in [2.45, 2.75) is 18.9 Å². The van der Waals surface area contributed by atoms with Gasteiger partial charge in [-0.05, 0) is 12.8 Å². The SMILES string of the molecule is COC1CCCN(c2cc(C(=O)O)c([N+](=O)[O-])cn2)C1. The number of anilines is 1. The molecule has 1 saturated heterocycles. The Labute approximate surface area is 115 Å². The number of ether oxygens (including phenoxy) is 1. The Hall–Kier alpha value is -2.22. The van der Waals surface area contributed by atoms with Crippen LogP contribution in [0.25, 0.3) is 0 Å². The number of aromatic carboxylic acids is 1. The maximum atomic E-state index is 11.1. The first-order valence-electron chi connectivity index (χ1n) is 6.18. The van der Waals surface area contributed by atoms with E-state index in [0.717, 1.165) is 25.6 Å². The van der Waals surface area contributed by atoms with Gasteiger partial charge < -0.3 is 14.7 Å². The Kier molecular flexibility index (Phi) is 4.14. The van der Waals surface area contributed by atoms with E-state index in [9.17, 15) is 14.9 Å². The molecular weight excluding hydrogens is 266 g/mol. The molecule has 0 aromatic carbocycles. The number of methoxy groups -OCH3 is 1. The molecule has 1 N–H and O–H groups in total. The van der Waals surface area contributed by atoms with Crippen LogP contribution in [0.2, 0.25) is 0 Å². The maximum absolute atomic E-state index is 11.1. The Morgan fingerprint density at radius 3 is 3.00 bits per heavy atom. The van der Waals surface area contributed by atoms with Crippen molar-refractivity contribution in [3.63, 3.8) is 0 Å². The molecule has 1 aromatic heterocycles. The van der Waals surface area contributed by atoms with Gasteiger partial charge in [-0.25, -0.2) is 9.78 Å². The highest BCUT2D eigenvalue weighted by molar-refractivity contribution is 5.93. The second kappa shape index (κ2) is 5.83. The molecule has 0 spiro atoms. The Morgan fingerprint density at radius 2 is 2.40 bits per heavy atom. The van der Waals surface area contributed by atoms with E-state index < -0.39 is 16.6 Å². The molecule has 1 aromatic rings.